The molecule has 0 aliphatic rings. The zero-order chi connectivity index (χ0) is 15.4. The quantitative estimate of drug-likeness (QED) is 0.691. The molecule has 0 radical (unpaired) electrons. The van der Waals surface area contributed by atoms with Crippen molar-refractivity contribution in [3.8, 4) is 0 Å². The molecule has 2 rings (SSSR count). The van der Waals surface area contributed by atoms with E-state index in [1.807, 2.05) is 37.3 Å². The number of hydrogen-bond donors (Lipinski definition) is 1. The van der Waals surface area contributed by atoms with E-state index in [1.54, 1.807) is 0 Å². The van der Waals surface area contributed by atoms with E-state index in [0.29, 0.717) is 0 Å². The van der Waals surface area contributed by atoms with Gasteiger partial charge >= 0.3 is 0 Å². The Morgan fingerprint density at radius 3 is 2.52 bits per heavy atom. The molecule has 0 bridgehead atoms. The molecule has 2 aromatic rings. The summed E-state index contributed by atoms with van der Waals surface area (Å²) < 4.78 is 0. The van der Waals surface area contributed by atoms with Gasteiger partial charge in [0.1, 0.15) is 5.56 Å². The van der Waals surface area contributed by atoms with Crippen LogP contribution in [-0.4, -0.2) is 10.8 Å². The van der Waals surface area contributed by atoms with Gasteiger partial charge in [-0.1, -0.05) is 41.9 Å². The van der Waals surface area contributed by atoms with E-state index >= 15 is 0 Å². The Hall–Kier alpha value is -2.40. The molecule has 1 N–H and O–H groups in total. The van der Waals surface area contributed by atoms with Gasteiger partial charge in [-0.05, 0) is 24.6 Å². The molecular formula is C15H13ClN2O3. The Morgan fingerprint density at radius 2 is 1.90 bits per heavy atom. The number of benzene rings is 2. The zero-order valence-corrected chi connectivity index (χ0v) is 12.0. The monoisotopic (exact) mass is 304 g/mol. The number of rotatable bonds is 4. The molecule has 0 aromatic heterocycles. The van der Waals surface area contributed by atoms with Crippen LogP contribution in [0.3, 0.4) is 0 Å². The van der Waals surface area contributed by atoms with Crippen molar-refractivity contribution in [2.45, 2.75) is 13.0 Å². The van der Waals surface area contributed by atoms with Crippen molar-refractivity contribution in [1.82, 2.24) is 5.32 Å². The summed E-state index contributed by atoms with van der Waals surface area (Å²) in [4.78, 5) is 22.6. The third-order valence-corrected chi connectivity index (χ3v) is 3.28. The second kappa shape index (κ2) is 6.37. The Kier molecular flexibility index (Phi) is 4.55. The van der Waals surface area contributed by atoms with Crippen LogP contribution in [-0.2, 0) is 0 Å². The minimum Gasteiger partial charge on any atom is -0.345 e. The molecule has 0 saturated carbocycles. The molecule has 1 amide bonds. The van der Waals surface area contributed by atoms with Crippen LogP contribution in [0.2, 0.25) is 5.02 Å². The number of nitrogens with one attached hydrogen (secondary N) is 1. The van der Waals surface area contributed by atoms with Crippen LogP contribution in [0.25, 0.3) is 0 Å². The first kappa shape index (κ1) is 15.0. The molecular weight excluding hydrogens is 292 g/mol. The molecule has 0 heterocycles. The van der Waals surface area contributed by atoms with Crippen LogP contribution in [0.5, 0.6) is 0 Å². The molecule has 108 valence electrons. The molecule has 0 saturated heterocycles. The maximum Gasteiger partial charge on any atom is 0.283 e. The van der Waals surface area contributed by atoms with Crippen LogP contribution in [0.15, 0.2) is 48.5 Å². The largest absolute Gasteiger partial charge is 0.345 e. The van der Waals surface area contributed by atoms with Gasteiger partial charge in [-0.25, -0.2) is 0 Å². The summed E-state index contributed by atoms with van der Waals surface area (Å²) >= 11 is 5.73. The summed E-state index contributed by atoms with van der Waals surface area (Å²) in [5, 5.41) is 14.0. The first-order chi connectivity index (χ1) is 9.99. The number of nitrogens with zero attached hydrogens (tertiary/aromatic N) is 1. The van der Waals surface area contributed by atoms with Crippen molar-refractivity contribution >= 4 is 23.2 Å². The topological polar surface area (TPSA) is 72.2 Å². The van der Waals surface area contributed by atoms with Crippen LogP contribution < -0.4 is 5.32 Å². The molecule has 0 fully saturated rings. The number of nitro groups is 1. The number of halogens is 1. The molecule has 0 aliphatic carbocycles. The second-order valence-electron chi connectivity index (χ2n) is 4.52. The second-order valence-corrected chi connectivity index (χ2v) is 4.96. The number of nitro benzene ring substituents is 1. The smallest absolute Gasteiger partial charge is 0.283 e. The van der Waals surface area contributed by atoms with Crippen molar-refractivity contribution < 1.29 is 9.72 Å². The van der Waals surface area contributed by atoms with Crippen LogP contribution >= 0.6 is 11.6 Å². The minimum absolute atomic E-state index is 0.00724. The van der Waals surface area contributed by atoms with Crippen LogP contribution in [0.4, 0.5) is 5.69 Å². The van der Waals surface area contributed by atoms with Gasteiger partial charge in [-0.15, -0.1) is 0 Å². The maximum absolute atomic E-state index is 12.2. The summed E-state index contributed by atoms with van der Waals surface area (Å²) in [5.74, 6) is -0.505. The van der Waals surface area contributed by atoms with Gasteiger partial charge in [-0.3, -0.25) is 14.9 Å². The fourth-order valence-corrected chi connectivity index (χ4v) is 2.11. The van der Waals surface area contributed by atoms with Crippen molar-refractivity contribution in [3.05, 3.63) is 74.8 Å². The highest BCUT2D eigenvalue weighted by Crippen LogP contribution is 2.24. The lowest BCUT2D eigenvalue weighted by molar-refractivity contribution is -0.385. The highest BCUT2D eigenvalue weighted by molar-refractivity contribution is 6.31. The number of carbonyl (C=O) groups excluding carboxylic acids is 1. The lowest BCUT2D eigenvalue weighted by Gasteiger charge is -2.14. The van der Waals surface area contributed by atoms with E-state index in [-0.39, 0.29) is 22.3 Å². The molecule has 6 heteroatoms. The first-order valence-corrected chi connectivity index (χ1v) is 6.66. The molecule has 5 nitrogen and oxygen atoms in total. The molecule has 0 spiro atoms. The zero-order valence-electron chi connectivity index (χ0n) is 11.2. The molecule has 1 atom stereocenters. The summed E-state index contributed by atoms with van der Waals surface area (Å²) in [6.45, 7) is 1.81. The standard InChI is InChI=1S/C15H13ClN2O3/c1-10(11-5-3-2-4-6-11)17-15(19)13-8-7-12(16)9-14(13)18(20)21/h2-10H,1H3,(H,17,19)/t10-/m0/s1. The molecule has 0 unspecified atom stereocenters. The van der Waals surface area contributed by atoms with Gasteiger partial charge in [-0.2, -0.15) is 0 Å². The Morgan fingerprint density at radius 1 is 1.24 bits per heavy atom. The molecule has 2 aromatic carbocycles. The summed E-state index contributed by atoms with van der Waals surface area (Å²) in [6.07, 6.45) is 0. The number of carbonyl (C=O) groups is 1. The SMILES string of the molecule is C[C@H](NC(=O)c1ccc(Cl)cc1[N+](=O)[O-])c1ccccc1. The predicted molar refractivity (Wildman–Crippen MR) is 80.4 cm³/mol. The third kappa shape index (κ3) is 3.58. The summed E-state index contributed by atoms with van der Waals surface area (Å²) in [7, 11) is 0. The maximum atomic E-state index is 12.2. The number of amides is 1. The Labute approximate surface area is 126 Å². The van der Waals surface area contributed by atoms with Crippen molar-refractivity contribution in [2.75, 3.05) is 0 Å². The van der Waals surface area contributed by atoms with E-state index in [9.17, 15) is 14.9 Å². The van der Waals surface area contributed by atoms with E-state index in [1.165, 1.54) is 18.2 Å². The van der Waals surface area contributed by atoms with E-state index < -0.39 is 10.8 Å². The predicted octanol–water partition coefficient (Wildman–Crippen LogP) is 3.74. The fourth-order valence-electron chi connectivity index (χ4n) is 1.95. The van der Waals surface area contributed by atoms with Gasteiger partial charge in [0.15, 0.2) is 0 Å². The lowest BCUT2D eigenvalue weighted by Crippen LogP contribution is -2.27. The summed E-state index contributed by atoms with van der Waals surface area (Å²) in [5.41, 5.74) is 0.606. The van der Waals surface area contributed by atoms with Crippen molar-refractivity contribution in [1.29, 1.82) is 0 Å². The summed E-state index contributed by atoms with van der Waals surface area (Å²) in [6, 6.07) is 13.1. The van der Waals surface area contributed by atoms with E-state index in [2.05, 4.69) is 5.32 Å². The van der Waals surface area contributed by atoms with Gasteiger partial charge < -0.3 is 5.32 Å². The third-order valence-electron chi connectivity index (χ3n) is 3.05. The average Bonchev–Trinajstić information content (AvgIpc) is 2.47. The highest BCUT2D eigenvalue weighted by Gasteiger charge is 2.21. The fraction of sp³-hybridized carbons (Fsp3) is 0.133. The van der Waals surface area contributed by atoms with Gasteiger partial charge in [0, 0.05) is 11.1 Å². The van der Waals surface area contributed by atoms with Gasteiger partial charge in [0.25, 0.3) is 11.6 Å². The van der Waals surface area contributed by atoms with Gasteiger partial charge in [0.2, 0.25) is 0 Å². The van der Waals surface area contributed by atoms with E-state index in [4.69, 9.17) is 11.6 Å². The molecule has 0 aliphatic heterocycles. The van der Waals surface area contributed by atoms with Gasteiger partial charge in [0.05, 0.1) is 11.0 Å². The van der Waals surface area contributed by atoms with Crippen LogP contribution in [0.1, 0.15) is 28.9 Å². The van der Waals surface area contributed by atoms with Crippen molar-refractivity contribution in [3.63, 3.8) is 0 Å². The minimum atomic E-state index is -0.617. The Balaban J connectivity index is 2.23. The number of hydrogen-bond acceptors (Lipinski definition) is 3. The Bertz CT molecular complexity index is 674. The first-order valence-electron chi connectivity index (χ1n) is 6.29. The average molecular weight is 305 g/mol. The normalized spacial score (nSPS) is 11.7. The molecule has 21 heavy (non-hydrogen) atoms. The lowest BCUT2D eigenvalue weighted by atomic mass is 10.1. The van der Waals surface area contributed by atoms with Crippen LogP contribution in [0, 0.1) is 10.1 Å². The van der Waals surface area contributed by atoms with E-state index in [0.717, 1.165) is 5.56 Å². The highest BCUT2D eigenvalue weighted by atomic mass is 35.5. The van der Waals surface area contributed by atoms with Crippen molar-refractivity contribution in [2.24, 2.45) is 0 Å².